The summed E-state index contributed by atoms with van der Waals surface area (Å²) in [5, 5.41) is 0. The molecule has 0 saturated heterocycles. The SMILES string of the molecule is CCCCCCC[CH]CCCCCCC1CCCCC1. The Bertz CT molecular complexity index is 178. The predicted octanol–water partition coefficient (Wildman–Crippen LogP) is 7.47. The molecule has 1 fully saturated rings. The molecular formula is C20H39. The standard InChI is InChI=1S/C20H39/c1-2-3-4-5-6-7-8-9-10-11-12-14-17-20-18-15-13-16-19-20/h8,20H,2-7,9-19H2,1H3. The molecule has 0 unspecified atom stereocenters. The molecule has 0 amide bonds. The van der Waals surface area contributed by atoms with Crippen LogP contribution in [0, 0.1) is 12.3 Å². The molecule has 0 aromatic heterocycles. The van der Waals surface area contributed by atoms with Crippen LogP contribution in [-0.2, 0) is 0 Å². The van der Waals surface area contributed by atoms with Gasteiger partial charge in [0.15, 0.2) is 0 Å². The number of hydrogen-bond donors (Lipinski definition) is 0. The number of rotatable bonds is 13. The van der Waals surface area contributed by atoms with Gasteiger partial charge in [0.1, 0.15) is 0 Å². The lowest BCUT2D eigenvalue weighted by molar-refractivity contribution is 0.328. The maximum atomic E-state index is 2.55. The van der Waals surface area contributed by atoms with E-state index in [2.05, 4.69) is 13.3 Å². The van der Waals surface area contributed by atoms with Crippen molar-refractivity contribution in [1.82, 2.24) is 0 Å². The van der Waals surface area contributed by atoms with Gasteiger partial charge in [0.05, 0.1) is 0 Å². The highest BCUT2D eigenvalue weighted by molar-refractivity contribution is 4.67. The van der Waals surface area contributed by atoms with E-state index in [1.54, 1.807) is 0 Å². The van der Waals surface area contributed by atoms with E-state index in [1.807, 2.05) is 0 Å². The van der Waals surface area contributed by atoms with Crippen LogP contribution < -0.4 is 0 Å². The van der Waals surface area contributed by atoms with Crippen molar-refractivity contribution >= 4 is 0 Å². The first-order chi connectivity index (χ1) is 9.93. The topological polar surface area (TPSA) is 0 Å². The zero-order valence-corrected chi connectivity index (χ0v) is 14.2. The smallest absolute Gasteiger partial charge is 0.0386 e. The summed E-state index contributed by atoms with van der Waals surface area (Å²) >= 11 is 0. The Labute approximate surface area is 129 Å². The van der Waals surface area contributed by atoms with Crippen molar-refractivity contribution in [3.05, 3.63) is 6.42 Å². The maximum Gasteiger partial charge on any atom is -0.0386 e. The van der Waals surface area contributed by atoms with Crippen LogP contribution in [0.5, 0.6) is 0 Å². The summed E-state index contributed by atoms with van der Waals surface area (Å²) in [7, 11) is 0. The van der Waals surface area contributed by atoms with Gasteiger partial charge in [-0.05, 0) is 12.3 Å². The second-order valence-corrected chi connectivity index (χ2v) is 6.99. The van der Waals surface area contributed by atoms with Gasteiger partial charge in [0.2, 0.25) is 0 Å². The molecule has 0 bridgehead atoms. The predicted molar refractivity (Wildman–Crippen MR) is 92.0 cm³/mol. The molecule has 0 atom stereocenters. The second kappa shape index (κ2) is 14.0. The molecular weight excluding hydrogens is 240 g/mol. The van der Waals surface area contributed by atoms with E-state index in [9.17, 15) is 0 Å². The monoisotopic (exact) mass is 279 g/mol. The fourth-order valence-corrected chi connectivity index (χ4v) is 3.59. The zero-order chi connectivity index (χ0) is 14.3. The molecule has 1 aliphatic carbocycles. The molecule has 119 valence electrons. The van der Waals surface area contributed by atoms with Gasteiger partial charge in [-0.25, -0.2) is 0 Å². The average molecular weight is 280 g/mol. The van der Waals surface area contributed by atoms with Crippen LogP contribution in [0.4, 0.5) is 0 Å². The molecule has 0 nitrogen and oxygen atoms in total. The van der Waals surface area contributed by atoms with E-state index in [1.165, 1.54) is 109 Å². The van der Waals surface area contributed by atoms with Crippen molar-refractivity contribution < 1.29 is 0 Å². The van der Waals surface area contributed by atoms with Crippen LogP contribution in [0.15, 0.2) is 0 Å². The number of hydrogen-bond acceptors (Lipinski definition) is 0. The van der Waals surface area contributed by atoms with Crippen molar-refractivity contribution in [2.24, 2.45) is 5.92 Å². The van der Waals surface area contributed by atoms with Crippen LogP contribution >= 0.6 is 0 Å². The Balaban J connectivity index is 1.70. The molecule has 0 aliphatic heterocycles. The molecule has 0 aromatic rings. The molecule has 1 aliphatic rings. The van der Waals surface area contributed by atoms with Crippen LogP contribution in [0.25, 0.3) is 0 Å². The third-order valence-corrected chi connectivity index (χ3v) is 5.01. The largest absolute Gasteiger partial charge is 0.0654 e. The summed E-state index contributed by atoms with van der Waals surface area (Å²) in [6.45, 7) is 2.29. The maximum absolute atomic E-state index is 2.55. The Morgan fingerprint density at radius 2 is 1.30 bits per heavy atom. The third kappa shape index (κ3) is 10.7. The fraction of sp³-hybridized carbons (Fsp3) is 0.950. The summed E-state index contributed by atoms with van der Waals surface area (Å²) in [5.41, 5.74) is 0. The van der Waals surface area contributed by atoms with Crippen LogP contribution in [0.2, 0.25) is 0 Å². The molecule has 20 heavy (non-hydrogen) atoms. The summed E-state index contributed by atoms with van der Waals surface area (Å²) in [6, 6.07) is 0. The first kappa shape index (κ1) is 18.1. The first-order valence-electron chi connectivity index (χ1n) is 9.75. The zero-order valence-electron chi connectivity index (χ0n) is 14.2. The molecule has 0 aromatic carbocycles. The summed E-state index contributed by atoms with van der Waals surface area (Å²) < 4.78 is 0. The van der Waals surface area contributed by atoms with E-state index in [4.69, 9.17) is 0 Å². The van der Waals surface area contributed by atoms with Crippen LogP contribution in [-0.4, -0.2) is 0 Å². The quantitative estimate of drug-likeness (QED) is 0.307. The Kier molecular flexibility index (Phi) is 12.6. The summed E-state index contributed by atoms with van der Waals surface area (Å²) in [6.07, 6.45) is 27.4. The van der Waals surface area contributed by atoms with Crippen LogP contribution in [0.1, 0.15) is 116 Å². The third-order valence-electron chi connectivity index (χ3n) is 5.01. The molecule has 0 heteroatoms. The highest BCUT2D eigenvalue weighted by atomic mass is 14.2. The van der Waals surface area contributed by atoms with Crippen molar-refractivity contribution in [3.63, 3.8) is 0 Å². The van der Waals surface area contributed by atoms with E-state index in [-0.39, 0.29) is 0 Å². The lowest BCUT2D eigenvalue weighted by atomic mass is 9.85. The first-order valence-corrected chi connectivity index (χ1v) is 9.75. The highest BCUT2D eigenvalue weighted by Crippen LogP contribution is 2.28. The Hall–Kier alpha value is 0. The molecule has 1 radical (unpaired) electrons. The van der Waals surface area contributed by atoms with E-state index in [0.29, 0.717) is 0 Å². The van der Waals surface area contributed by atoms with Crippen molar-refractivity contribution in [2.75, 3.05) is 0 Å². The minimum absolute atomic E-state index is 1.10. The van der Waals surface area contributed by atoms with Gasteiger partial charge in [0, 0.05) is 0 Å². The van der Waals surface area contributed by atoms with Crippen LogP contribution in [0.3, 0.4) is 0 Å². The second-order valence-electron chi connectivity index (χ2n) is 6.99. The van der Waals surface area contributed by atoms with Gasteiger partial charge in [0.25, 0.3) is 0 Å². The molecule has 1 saturated carbocycles. The Morgan fingerprint density at radius 3 is 1.95 bits per heavy atom. The van der Waals surface area contributed by atoms with Gasteiger partial charge < -0.3 is 0 Å². The molecule has 0 N–H and O–H groups in total. The van der Waals surface area contributed by atoms with E-state index in [0.717, 1.165) is 5.92 Å². The van der Waals surface area contributed by atoms with Crippen molar-refractivity contribution in [3.8, 4) is 0 Å². The lowest BCUT2D eigenvalue weighted by Gasteiger charge is -2.21. The minimum Gasteiger partial charge on any atom is -0.0654 e. The molecule has 1 rings (SSSR count). The lowest BCUT2D eigenvalue weighted by Crippen LogP contribution is -2.05. The highest BCUT2D eigenvalue weighted by Gasteiger charge is 2.12. The van der Waals surface area contributed by atoms with Gasteiger partial charge in [-0.2, -0.15) is 0 Å². The van der Waals surface area contributed by atoms with E-state index < -0.39 is 0 Å². The van der Waals surface area contributed by atoms with Gasteiger partial charge in [-0.15, -0.1) is 0 Å². The van der Waals surface area contributed by atoms with Gasteiger partial charge in [-0.3, -0.25) is 0 Å². The normalized spacial score (nSPS) is 16.6. The Morgan fingerprint density at radius 1 is 0.700 bits per heavy atom. The fourth-order valence-electron chi connectivity index (χ4n) is 3.59. The molecule has 0 heterocycles. The average Bonchev–Trinajstić information content (AvgIpc) is 2.49. The minimum atomic E-state index is 1.10. The van der Waals surface area contributed by atoms with Gasteiger partial charge in [-0.1, -0.05) is 116 Å². The summed E-state index contributed by atoms with van der Waals surface area (Å²) in [5.74, 6) is 1.10. The summed E-state index contributed by atoms with van der Waals surface area (Å²) in [4.78, 5) is 0. The number of unbranched alkanes of at least 4 members (excludes halogenated alkanes) is 11. The van der Waals surface area contributed by atoms with E-state index >= 15 is 0 Å². The van der Waals surface area contributed by atoms with Crippen molar-refractivity contribution in [2.45, 2.75) is 116 Å². The van der Waals surface area contributed by atoms with Crippen molar-refractivity contribution in [1.29, 1.82) is 0 Å². The van der Waals surface area contributed by atoms with Gasteiger partial charge >= 0.3 is 0 Å². The molecule has 0 spiro atoms.